The fraction of sp³-hybridized carbons (Fsp3) is 0.318. The Labute approximate surface area is 163 Å². The zero-order valence-electron chi connectivity index (χ0n) is 16.0. The minimum absolute atomic E-state index is 0.140. The van der Waals surface area contributed by atoms with Gasteiger partial charge in [0.25, 0.3) is 0 Å². The van der Waals surface area contributed by atoms with Gasteiger partial charge in [0.15, 0.2) is 5.82 Å². The highest BCUT2D eigenvalue weighted by Gasteiger charge is 2.24. The number of nitrogens with one attached hydrogen (secondary N) is 1. The second kappa shape index (κ2) is 6.78. The molecule has 1 aromatic carbocycles. The number of amides is 1. The van der Waals surface area contributed by atoms with E-state index in [0.717, 1.165) is 38.3 Å². The first-order valence-electron chi connectivity index (χ1n) is 9.85. The van der Waals surface area contributed by atoms with Crippen molar-refractivity contribution < 1.29 is 4.79 Å². The molecule has 0 bridgehead atoms. The number of carbonyl (C=O) groups excluding carboxylic acids is 1. The number of carbonyl (C=O) groups is 1. The summed E-state index contributed by atoms with van der Waals surface area (Å²) in [4.78, 5) is 28.4. The molecule has 0 unspecified atom stereocenters. The summed E-state index contributed by atoms with van der Waals surface area (Å²) in [7, 11) is 0. The predicted molar refractivity (Wildman–Crippen MR) is 111 cm³/mol. The van der Waals surface area contributed by atoms with Crippen LogP contribution in [0.25, 0.3) is 16.5 Å². The standard InChI is InChI=1S/C22H23N5O/c1-15-22(17-5-2-3-6-18(17)25-15)16-8-11-26(12-9-16)19-13-24-20(14-23-19)27-10-4-7-21(27)28/h2-3,5-6,8,13-14,25H,4,7,9-12H2,1H3. The Hall–Kier alpha value is -3.15. The van der Waals surface area contributed by atoms with Crippen molar-refractivity contribution in [3.05, 3.63) is 54.0 Å². The first kappa shape index (κ1) is 17.0. The minimum atomic E-state index is 0.140. The number of H-pyrrole nitrogens is 1. The number of hydrogen-bond donors (Lipinski definition) is 1. The van der Waals surface area contributed by atoms with E-state index >= 15 is 0 Å². The number of anilines is 2. The second-order valence-electron chi connectivity index (χ2n) is 7.48. The van der Waals surface area contributed by atoms with E-state index in [1.165, 1.54) is 27.7 Å². The van der Waals surface area contributed by atoms with Crippen LogP contribution in [0.4, 0.5) is 11.6 Å². The molecule has 0 saturated carbocycles. The third-order valence-corrected chi connectivity index (χ3v) is 5.72. The van der Waals surface area contributed by atoms with E-state index in [1.807, 2.05) is 0 Å². The average molecular weight is 373 g/mol. The third-order valence-electron chi connectivity index (χ3n) is 5.72. The van der Waals surface area contributed by atoms with E-state index in [-0.39, 0.29) is 5.91 Å². The Balaban J connectivity index is 1.35. The van der Waals surface area contributed by atoms with Crippen molar-refractivity contribution >= 4 is 34.0 Å². The number of para-hydroxylation sites is 1. The molecule has 3 aromatic rings. The predicted octanol–water partition coefficient (Wildman–Crippen LogP) is 3.69. The van der Waals surface area contributed by atoms with Crippen molar-refractivity contribution in [3.63, 3.8) is 0 Å². The summed E-state index contributed by atoms with van der Waals surface area (Å²) in [5, 5.41) is 1.29. The zero-order valence-corrected chi connectivity index (χ0v) is 16.0. The number of benzene rings is 1. The smallest absolute Gasteiger partial charge is 0.228 e. The van der Waals surface area contributed by atoms with Gasteiger partial charge in [-0.3, -0.25) is 9.69 Å². The molecule has 5 rings (SSSR count). The largest absolute Gasteiger partial charge is 0.358 e. The summed E-state index contributed by atoms with van der Waals surface area (Å²) in [6, 6.07) is 8.48. The lowest BCUT2D eigenvalue weighted by Crippen LogP contribution is -2.30. The van der Waals surface area contributed by atoms with Gasteiger partial charge in [0, 0.05) is 48.2 Å². The van der Waals surface area contributed by atoms with Gasteiger partial charge in [-0.25, -0.2) is 9.97 Å². The van der Waals surface area contributed by atoms with E-state index in [9.17, 15) is 4.79 Å². The molecular weight excluding hydrogens is 350 g/mol. The number of nitrogens with zero attached hydrogens (tertiary/aromatic N) is 4. The van der Waals surface area contributed by atoms with Gasteiger partial charge in [0.2, 0.25) is 5.91 Å². The molecule has 4 heterocycles. The molecule has 142 valence electrons. The molecule has 0 spiro atoms. The van der Waals surface area contributed by atoms with E-state index in [4.69, 9.17) is 0 Å². The van der Waals surface area contributed by atoms with Crippen LogP contribution in [-0.2, 0) is 4.79 Å². The SMILES string of the molecule is Cc1[nH]c2ccccc2c1C1=CCN(c2cnc(N3CCCC3=O)cn2)CC1. The number of rotatable bonds is 3. The Bertz CT molecular complexity index is 1070. The summed E-state index contributed by atoms with van der Waals surface area (Å²) in [5.41, 5.74) is 5.14. The number of aromatic nitrogens is 3. The summed E-state index contributed by atoms with van der Waals surface area (Å²) < 4.78 is 0. The van der Waals surface area contributed by atoms with Crippen molar-refractivity contribution in [1.29, 1.82) is 0 Å². The number of aryl methyl sites for hydroxylation is 1. The number of hydrogen-bond acceptors (Lipinski definition) is 4. The maximum Gasteiger partial charge on any atom is 0.228 e. The van der Waals surface area contributed by atoms with Crippen molar-refractivity contribution in [2.24, 2.45) is 0 Å². The van der Waals surface area contributed by atoms with Gasteiger partial charge in [0.05, 0.1) is 12.4 Å². The van der Waals surface area contributed by atoms with Crippen LogP contribution in [0.5, 0.6) is 0 Å². The highest BCUT2D eigenvalue weighted by molar-refractivity contribution is 5.95. The van der Waals surface area contributed by atoms with Crippen LogP contribution in [0.1, 0.15) is 30.5 Å². The molecule has 6 heteroatoms. The molecule has 1 fully saturated rings. The second-order valence-corrected chi connectivity index (χ2v) is 7.48. The van der Waals surface area contributed by atoms with Crippen molar-refractivity contribution in [2.45, 2.75) is 26.2 Å². The molecule has 1 amide bonds. The highest BCUT2D eigenvalue weighted by Crippen LogP contribution is 2.33. The first-order valence-corrected chi connectivity index (χ1v) is 9.85. The molecule has 0 radical (unpaired) electrons. The number of aromatic amines is 1. The topological polar surface area (TPSA) is 65.1 Å². The summed E-state index contributed by atoms with van der Waals surface area (Å²) in [6.07, 6.45) is 8.28. The van der Waals surface area contributed by atoms with Crippen molar-refractivity contribution in [3.8, 4) is 0 Å². The van der Waals surface area contributed by atoms with Gasteiger partial charge in [-0.2, -0.15) is 0 Å². The van der Waals surface area contributed by atoms with E-state index in [2.05, 4.69) is 57.1 Å². The normalized spacial score (nSPS) is 17.5. The van der Waals surface area contributed by atoms with Crippen LogP contribution in [0.3, 0.4) is 0 Å². The van der Waals surface area contributed by atoms with Crippen LogP contribution in [-0.4, -0.2) is 40.5 Å². The molecule has 2 aliphatic heterocycles. The molecule has 0 atom stereocenters. The molecule has 1 N–H and O–H groups in total. The molecule has 1 saturated heterocycles. The van der Waals surface area contributed by atoms with Crippen molar-refractivity contribution in [2.75, 3.05) is 29.4 Å². The maximum absolute atomic E-state index is 11.9. The Morgan fingerprint density at radius 3 is 2.57 bits per heavy atom. The number of fused-ring (bicyclic) bond motifs is 1. The summed E-state index contributed by atoms with van der Waals surface area (Å²) in [5.74, 6) is 1.66. The Morgan fingerprint density at radius 1 is 1.04 bits per heavy atom. The Kier molecular flexibility index (Phi) is 4.11. The lowest BCUT2D eigenvalue weighted by atomic mass is 9.97. The fourth-order valence-corrected chi connectivity index (χ4v) is 4.30. The van der Waals surface area contributed by atoms with E-state index in [1.54, 1.807) is 17.3 Å². The highest BCUT2D eigenvalue weighted by atomic mass is 16.2. The van der Waals surface area contributed by atoms with Crippen LogP contribution >= 0.6 is 0 Å². The Morgan fingerprint density at radius 2 is 1.86 bits per heavy atom. The quantitative estimate of drug-likeness (QED) is 0.760. The molecule has 0 aliphatic carbocycles. The minimum Gasteiger partial charge on any atom is -0.358 e. The average Bonchev–Trinajstić information content (AvgIpc) is 3.30. The molecule has 2 aliphatic rings. The zero-order chi connectivity index (χ0) is 19.1. The van der Waals surface area contributed by atoms with Gasteiger partial charge in [-0.05, 0) is 31.4 Å². The van der Waals surface area contributed by atoms with Gasteiger partial charge < -0.3 is 9.88 Å². The van der Waals surface area contributed by atoms with Gasteiger partial charge in [-0.15, -0.1) is 0 Å². The summed E-state index contributed by atoms with van der Waals surface area (Å²) >= 11 is 0. The van der Waals surface area contributed by atoms with Gasteiger partial charge in [0.1, 0.15) is 5.82 Å². The van der Waals surface area contributed by atoms with E-state index in [0.29, 0.717) is 12.2 Å². The monoisotopic (exact) mass is 373 g/mol. The summed E-state index contributed by atoms with van der Waals surface area (Å²) in [6.45, 7) is 4.60. The molecule has 2 aromatic heterocycles. The molecular formula is C22H23N5O. The van der Waals surface area contributed by atoms with Crippen LogP contribution in [0.2, 0.25) is 0 Å². The third kappa shape index (κ3) is 2.85. The maximum atomic E-state index is 11.9. The van der Waals surface area contributed by atoms with Gasteiger partial charge >= 0.3 is 0 Å². The fourth-order valence-electron chi connectivity index (χ4n) is 4.30. The lowest BCUT2D eigenvalue weighted by Gasteiger charge is -2.27. The van der Waals surface area contributed by atoms with E-state index < -0.39 is 0 Å². The first-order chi connectivity index (χ1) is 13.7. The van der Waals surface area contributed by atoms with Crippen LogP contribution in [0.15, 0.2) is 42.7 Å². The molecule has 28 heavy (non-hydrogen) atoms. The lowest BCUT2D eigenvalue weighted by molar-refractivity contribution is -0.117. The van der Waals surface area contributed by atoms with Crippen molar-refractivity contribution in [1.82, 2.24) is 15.0 Å². The van der Waals surface area contributed by atoms with Gasteiger partial charge in [-0.1, -0.05) is 24.3 Å². The van der Waals surface area contributed by atoms with Crippen LogP contribution in [0, 0.1) is 6.92 Å². The molecule has 6 nitrogen and oxygen atoms in total. The van der Waals surface area contributed by atoms with Crippen LogP contribution < -0.4 is 9.80 Å².